The van der Waals surface area contributed by atoms with Crippen LogP contribution in [0.2, 0.25) is 4.34 Å². The maximum Gasteiger partial charge on any atom is 0.264 e. The molecule has 0 aliphatic heterocycles. The van der Waals surface area contributed by atoms with Gasteiger partial charge in [-0.25, -0.2) is 0 Å². The molecule has 0 bridgehead atoms. The zero-order valence-electron chi connectivity index (χ0n) is 12.1. The van der Waals surface area contributed by atoms with Crippen molar-refractivity contribution in [2.24, 2.45) is 0 Å². The van der Waals surface area contributed by atoms with Gasteiger partial charge in [0, 0.05) is 12.7 Å². The van der Waals surface area contributed by atoms with Gasteiger partial charge in [0.05, 0.1) is 22.9 Å². The molecule has 5 nitrogen and oxygen atoms in total. The number of likely N-dealkylation sites (N-methyl/N-ethyl adjacent to an activating group) is 1. The van der Waals surface area contributed by atoms with Gasteiger partial charge in [-0.05, 0) is 36.4 Å². The maximum absolute atomic E-state index is 12.1. The molecule has 0 aliphatic carbocycles. The highest BCUT2D eigenvalue weighted by Gasteiger charge is 2.16. The molecule has 0 spiro atoms. The van der Waals surface area contributed by atoms with Gasteiger partial charge in [-0.3, -0.25) is 9.59 Å². The highest BCUT2D eigenvalue weighted by molar-refractivity contribution is 7.17. The first-order valence-electron chi connectivity index (χ1n) is 6.44. The van der Waals surface area contributed by atoms with Crippen LogP contribution < -0.4 is 10.1 Å². The number of ether oxygens (including phenoxy) is 1. The quantitative estimate of drug-likeness (QED) is 0.911. The SMILES string of the molecule is COc1ccc(NC(=O)CN(C)C(=O)c2ccc(Cl)s2)cc1. The zero-order valence-corrected chi connectivity index (χ0v) is 13.7. The molecule has 116 valence electrons. The van der Waals surface area contributed by atoms with Gasteiger partial charge in [0.2, 0.25) is 5.91 Å². The third-order valence-corrected chi connectivity index (χ3v) is 4.10. The van der Waals surface area contributed by atoms with E-state index < -0.39 is 0 Å². The summed E-state index contributed by atoms with van der Waals surface area (Å²) < 4.78 is 5.59. The Hall–Kier alpha value is -2.05. The fraction of sp³-hybridized carbons (Fsp3) is 0.200. The van der Waals surface area contributed by atoms with Crippen molar-refractivity contribution in [1.82, 2.24) is 4.90 Å². The summed E-state index contributed by atoms with van der Waals surface area (Å²) in [5.74, 6) is 0.199. The van der Waals surface area contributed by atoms with Crippen molar-refractivity contribution < 1.29 is 14.3 Å². The van der Waals surface area contributed by atoms with E-state index in [-0.39, 0.29) is 18.4 Å². The van der Waals surface area contributed by atoms with Crippen molar-refractivity contribution in [2.45, 2.75) is 0 Å². The van der Waals surface area contributed by atoms with E-state index in [9.17, 15) is 9.59 Å². The van der Waals surface area contributed by atoms with Crippen LogP contribution in [0.1, 0.15) is 9.67 Å². The number of amides is 2. The topological polar surface area (TPSA) is 58.6 Å². The lowest BCUT2D eigenvalue weighted by molar-refractivity contribution is -0.116. The lowest BCUT2D eigenvalue weighted by atomic mass is 10.3. The van der Waals surface area contributed by atoms with Crippen LogP contribution in [-0.2, 0) is 4.79 Å². The molecule has 2 aromatic rings. The average Bonchev–Trinajstić information content (AvgIpc) is 2.93. The van der Waals surface area contributed by atoms with Gasteiger partial charge in [0.25, 0.3) is 5.91 Å². The summed E-state index contributed by atoms with van der Waals surface area (Å²) in [6, 6.07) is 10.3. The van der Waals surface area contributed by atoms with Crippen LogP contribution in [0.15, 0.2) is 36.4 Å². The third-order valence-electron chi connectivity index (χ3n) is 2.89. The molecule has 2 amide bonds. The molecular formula is C15H15ClN2O3S. The van der Waals surface area contributed by atoms with E-state index in [2.05, 4.69) is 5.32 Å². The zero-order chi connectivity index (χ0) is 16.1. The van der Waals surface area contributed by atoms with Crippen LogP contribution in [-0.4, -0.2) is 37.4 Å². The molecule has 1 aromatic carbocycles. The van der Waals surface area contributed by atoms with Gasteiger partial charge in [-0.1, -0.05) is 11.6 Å². The van der Waals surface area contributed by atoms with Crippen molar-refractivity contribution in [3.63, 3.8) is 0 Å². The largest absolute Gasteiger partial charge is 0.497 e. The first-order valence-corrected chi connectivity index (χ1v) is 7.63. The monoisotopic (exact) mass is 338 g/mol. The fourth-order valence-corrected chi connectivity index (χ4v) is 2.82. The van der Waals surface area contributed by atoms with Crippen molar-refractivity contribution >= 4 is 40.4 Å². The molecule has 0 aliphatic rings. The summed E-state index contributed by atoms with van der Waals surface area (Å²) in [5.41, 5.74) is 0.644. The summed E-state index contributed by atoms with van der Waals surface area (Å²) in [5, 5.41) is 2.72. The second-order valence-corrected chi connectivity index (χ2v) is 6.26. The number of hydrogen-bond acceptors (Lipinski definition) is 4. The van der Waals surface area contributed by atoms with Crippen LogP contribution in [0, 0.1) is 0 Å². The minimum absolute atomic E-state index is 0.0413. The predicted octanol–water partition coefficient (Wildman–Crippen LogP) is 3.12. The summed E-state index contributed by atoms with van der Waals surface area (Å²) in [4.78, 5) is 25.9. The minimum Gasteiger partial charge on any atom is -0.497 e. The Kier molecular flexibility index (Phi) is 5.41. The fourth-order valence-electron chi connectivity index (χ4n) is 1.78. The molecule has 0 fully saturated rings. The van der Waals surface area contributed by atoms with E-state index in [1.165, 1.54) is 16.2 Å². The maximum atomic E-state index is 12.1. The third kappa shape index (κ3) is 4.22. The van der Waals surface area contributed by atoms with Gasteiger partial charge in [-0.2, -0.15) is 0 Å². The smallest absolute Gasteiger partial charge is 0.264 e. The van der Waals surface area contributed by atoms with E-state index in [1.807, 2.05) is 0 Å². The molecule has 7 heteroatoms. The van der Waals surface area contributed by atoms with E-state index in [4.69, 9.17) is 16.3 Å². The number of hydrogen-bond donors (Lipinski definition) is 1. The Morgan fingerprint density at radius 1 is 1.23 bits per heavy atom. The minimum atomic E-state index is -0.274. The molecule has 1 N–H and O–H groups in total. The van der Waals surface area contributed by atoms with Crippen molar-refractivity contribution in [2.75, 3.05) is 26.0 Å². The highest BCUT2D eigenvalue weighted by Crippen LogP contribution is 2.22. The van der Waals surface area contributed by atoms with E-state index in [0.29, 0.717) is 20.7 Å². The van der Waals surface area contributed by atoms with Crippen LogP contribution >= 0.6 is 22.9 Å². The van der Waals surface area contributed by atoms with Gasteiger partial charge in [-0.15, -0.1) is 11.3 Å². The van der Waals surface area contributed by atoms with Gasteiger partial charge >= 0.3 is 0 Å². The summed E-state index contributed by atoms with van der Waals surface area (Å²) in [6.45, 7) is -0.0413. The highest BCUT2D eigenvalue weighted by atomic mass is 35.5. The Bertz CT molecular complexity index is 670. The molecule has 22 heavy (non-hydrogen) atoms. The molecular weight excluding hydrogens is 324 g/mol. The first-order chi connectivity index (χ1) is 10.5. The number of nitrogens with one attached hydrogen (secondary N) is 1. The Morgan fingerprint density at radius 2 is 1.91 bits per heavy atom. The van der Waals surface area contributed by atoms with Gasteiger partial charge < -0.3 is 15.0 Å². The standard InChI is InChI=1S/C15H15ClN2O3S/c1-18(15(20)12-7-8-13(16)22-12)9-14(19)17-10-3-5-11(21-2)6-4-10/h3-8H,9H2,1-2H3,(H,17,19). The van der Waals surface area contributed by atoms with Gasteiger partial charge in [0.1, 0.15) is 5.75 Å². The van der Waals surface area contributed by atoms with E-state index in [1.54, 1.807) is 50.6 Å². The normalized spacial score (nSPS) is 10.1. The number of anilines is 1. The molecule has 0 radical (unpaired) electrons. The van der Waals surface area contributed by atoms with Crippen LogP contribution in [0.4, 0.5) is 5.69 Å². The van der Waals surface area contributed by atoms with Crippen LogP contribution in [0.25, 0.3) is 0 Å². The average molecular weight is 339 g/mol. The Morgan fingerprint density at radius 3 is 2.45 bits per heavy atom. The van der Waals surface area contributed by atoms with E-state index >= 15 is 0 Å². The summed E-state index contributed by atoms with van der Waals surface area (Å²) in [7, 11) is 3.15. The summed E-state index contributed by atoms with van der Waals surface area (Å²) >= 11 is 6.99. The number of carbonyl (C=O) groups excluding carboxylic acids is 2. The molecule has 1 aromatic heterocycles. The number of methoxy groups -OCH3 is 1. The number of benzene rings is 1. The second-order valence-electron chi connectivity index (χ2n) is 4.54. The van der Waals surface area contributed by atoms with Crippen molar-refractivity contribution in [3.8, 4) is 5.75 Å². The molecule has 2 rings (SSSR count). The lowest BCUT2D eigenvalue weighted by Gasteiger charge is -2.16. The number of rotatable bonds is 5. The van der Waals surface area contributed by atoms with Crippen molar-refractivity contribution in [3.05, 3.63) is 45.6 Å². The number of halogens is 1. The molecule has 0 saturated carbocycles. The second kappa shape index (κ2) is 7.29. The first kappa shape index (κ1) is 16.3. The lowest BCUT2D eigenvalue weighted by Crippen LogP contribution is -2.34. The Labute approximate surface area is 137 Å². The predicted molar refractivity (Wildman–Crippen MR) is 87.9 cm³/mol. The molecule has 0 unspecified atom stereocenters. The van der Waals surface area contributed by atoms with Gasteiger partial charge in [0.15, 0.2) is 0 Å². The molecule has 0 atom stereocenters. The number of carbonyl (C=O) groups is 2. The van der Waals surface area contributed by atoms with Crippen LogP contribution in [0.3, 0.4) is 0 Å². The van der Waals surface area contributed by atoms with E-state index in [0.717, 1.165) is 0 Å². The number of thiophene rings is 1. The molecule has 0 saturated heterocycles. The van der Waals surface area contributed by atoms with Crippen molar-refractivity contribution in [1.29, 1.82) is 0 Å². The van der Waals surface area contributed by atoms with Crippen LogP contribution in [0.5, 0.6) is 5.75 Å². The Balaban J connectivity index is 1.91. The summed E-state index contributed by atoms with van der Waals surface area (Å²) in [6.07, 6.45) is 0. The molecule has 1 heterocycles. The number of nitrogens with zero attached hydrogens (tertiary/aromatic N) is 1.